The Balaban J connectivity index is 1.61. The minimum absolute atomic E-state index is 0.0863. The molecule has 0 spiro atoms. The van der Waals surface area contributed by atoms with Gasteiger partial charge in [-0.2, -0.15) is 0 Å². The van der Waals surface area contributed by atoms with E-state index >= 15 is 0 Å². The Morgan fingerprint density at radius 1 is 0.906 bits per heavy atom. The molecule has 0 N–H and O–H groups in total. The minimum atomic E-state index is -0.363. The van der Waals surface area contributed by atoms with Crippen LogP contribution in [0.2, 0.25) is 0 Å². The van der Waals surface area contributed by atoms with Crippen molar-refractivity contribution >= 4 is 16.9 Å². The highest BCUT2D eigenvalue weighted by molar-refractivity contribution is 6.04. The maximum atomic E-state index is 13.1. The van der Waals surface area contributed by atoms with Crippen LogP contribution in [0.15, 0.2) is 78.9 Å². The summed E-state index contributed by atoms with van der Waals surface area (Å²) in [6.45, 7) is 6.75. The van der Waals surface area contributed by atoms with E-state index < -0.39 is 0 Å². The molecule has 0 unspecified atom stereocenters. The molecular weight excluding hydrogens is 398 g/mol. The zero-order chi connectivity index (χ0) is 22.7. The van der Waals surface area contributed by atoms with Crippen molar-refractivity contribution in [3.8, 4) is 17.0 Å². The number of esters is 1. The number of aromatic nitrogens is 1. The van der Waals surface area contributed by atoms with Crippen molar-refractivity contribution in [1.82, 2.24) is 4.98 Å². The molecule has 0 bridgehead atoms. The smallest absolute Gasteiger partial charge is 0.339 e. The minimum Gasteiger partial charge on any atom is -0.497 e. The molecule has 1 heterocycles. The molecule has 4 heteroatoms. The van der Waals surface area contributed by atoms with E-state index in [9.17, 15) is 4.79 Å². The number of fused-ring (bicyclic) bond motifs is 1. The number of para-hydroxylation sites is 1. The molecule has 4 nitrogen and oxygen atoms in total. The number of pyridine rings is 1. The van der Waals surface area contributed by atoms with Gasteiger partial charge in [-0.25, -0.2) is 9.78 Å². The molecule has 162 valence electrons. The third-order valence-corrected chi connectivity index (χ3v) is 5.51. The second-order valence-electron chi connectivity index (χ2n) is 8.82. The van der Waals surface area contributed by atoms with Gasteiger partial charge in [0.05, 0.1) is 23.9 Å². The summed E-state index contributed by atoms with van der Waals surface area (Å²) < 4.78 is 10.9. The van der Waals surface area contributed by atoms with Gasteiger partial charge in [0.2, 0.25) is 0 Å². The Hall–Kier alpha value is -3.66. The summed E-state index contributed by atoms with van der Waals surface area (Å²) >= 11 is 0. The van der Waals surface area contributed by atoms with Gasteiger partial charge in [-0.1, -0.05) is 63.2 Å². The lowest BCUT2D eigenvalue weighted by atomic mass is 9.87. The highest BCUT2D eigenvalue weighted by atomic mass is 16.5. The van der Waals surface area contributed by atoms with Crippen molar-refractivity contribution in [2.45, 2.75) is 32.8 Å². The topological polar surface area (TPSA) is 48.4 Å². The fraction of sp³-hybridized carbons (Fsp3) is 0.214. The van der Waals surface area contributed by atoms with Crippen LogP contribution >= 0.6 is 0 Å². The number of carbonyl (C=O) groups is 1. The molecule has 32 heavy (non-hydrogen) atoms. The van der Waals surface area contributed by atoms with Gasteiger partial charge in [0.15, 0.2) is 0 Å². The third kappa shape index (κ3) is 4.65. The molecule has 0 aliphatic rings. The molecule has 0 saturated heterocycles. The summed E-state index contributed by atoms with van der Waals surface area (Å²) in [7, 11) is 1.63. The molecule has 0 saturated carbocycles. The average molecular weight is 426 g/mol. The Bertz CT molecular complexity index is 1240. The summed E-state index contributed by atoms with van der Waals surface area (Å²) in [4.78, 5) is 17.8. The average Bonchev–Trinajstić information content (AvgIpc) is 2.81. The zero-order valence-electron chi connectivity index (χ0n) is 18.9. The van der Waals surface area contributed by atoms with Crippen LogP contribution in [0.4, 0.5) is 0 Å². The maximum Gasteiger partial charge on any atom is 0.339 e. The number of hydrogen-bond acceptors (Lipinski definition) is 4. The highest BCUT2D eigenvalue weighted by Gasteiger charge is 2.16. The van der Waals surface area contributed by atoms with Crippen molar-refractivity contribution in [3.05, 3.63) is 95.6 Å². The molecule has 0 atom stereocenters. The van der Waals surface area contributed by atoms with Crippen LogP contribution in [0.1, 0.15) is 42.3 Å². The van der Waals surface area contributed by atoms with E-state index in [2.05, 4.69) is 32.9 Å². The molecule has 0 aliphatic carbocycles. The maximum absolute atomic E-state index is 13.1. The lowest BCUT2D eigenvalue weighted by Crippen LogP contribution is -2.11. The molecule has 0 aliphatic heterocycles. The first-order chi connectivity index (χ1) is 15.3. The van der Waals surface area contributed by atoms with Crippen molar-refractivity contribution in [3.63, 3.8) is 0 Å². The standard InChI is InChI=1S/C28H27NO3/c1-28(2,3)21-13-9-19(10-14-21)18-32-27(30)24-17-26(20-11-15-22(31-4)16-12-20)29-25-8-6-5-7-23(24)25/h5-17H,18H2,1-4H3. The largest absolute Gasteiger partial charge is 0.497 e. The second-order valence-corrected chi connectivity index (χ2v) is 8.82. The molecular formula is C28H27NO3. The predicted octanol–water partition coefficient (Wildman–Crippen LogP) is 6.56. The van der Waals surface area contributed by atoms with Gasteiger partial charge in [0.25, 0.3) is 0 Å². The Morgan fingerprint density at radius 2 is 1.59 bits per heavy atom. The van der Waals surface area contributed by atoms with Crippen LogP contribution in [0.3, 0.4) is 0 Å². The van der Waals surface area contributed by atoms with Crippen molar-refractivity contribution < 1.29 is 14.3 Å². The third-order valence-electron chi connectivity index (χ3n) is 5.51. The van der Waals surface area contributed by atoms with Crippen LogP contribution in [0.5, 0.6) is 5.75 Å². The van der Waals surface area contributed by atoms with E-state index in [1.54, 1.807) is 13.2 Å². The van der Waals surface area contributed by atoms with E-state index in [-0.39, 0.29) is 18.0 Å². The van der Waals surface area contributed by atoms with E-state index in [0.29, 0.717) is 11.3 Å². The van der Waals surface area contributed by atoms with Gasteiger partial charge in [-0.15, -0.1) is 0 Å². The first-order valence-electron chi connectivity index (χ1n) is 10.7. The van der Waals surface area contributed by atoms with Crippen LogP contribution in [-0.2, 0) is 16.8 Å². The fourth-order valence-corrected chi connectivity index (χ4v) is 3.58. The van der Waals surface area contributed by atoms with Crippen LogP contribution in [-0.4, -0.2) is 18.1 Å². The number of rotatable bonds is 5. The predicted molar refractivity (Wildman–Crippen MR) is 128 cm³/mol. The van der Waals surface area contributed by atoms with Crippen LogP contribution < -0.4 is 4.74 Å². The molecule has 0 fully saturated rings. The number of carbonyl (C=O) groups excluding carboxylic acids is 1. The van der Waals surface area contributed by atoms with E-state index in [4.69, 9.17) is 14.5 Å². The molecule has 0 amide bonds. The van der Waals surface area contributed by atoms with Gasteiger partial charge >= 0.3 is 5.97 Å². The molecule has 1 aromatic heterocycles. The van der Waals surface area contributed by atoms with E-state index in [1.165, 1.54) is 5.56 Å². The summed E-state index contributed by atoms with van der Waals surface area (Å²) in [5, 5.41) is 0.776. The van der Waals surface area contributed by atoms with Gasteiger partial charge in [0.1, 0.15) is 12.4 Å². The SMILES string of the molecule is COc1ccc(-c2cc(C(=O)OCc3ccc(C(C)(C)C)cc3)c3ccccc3n2)cc1. The first kappa shape index (κ1) is 21.6. The first-order valence-corrected chi connectivity index (χ1v) is 10.7. The van der Waals surface area contributed by atoms with Gasteiger partial charge in [-0.05, 0) is 52.9 Å². The summed E-state index contributed by atoms with van der Waals surface area (Å²) in [5.74, 6) is 0.407. The summed E-state index contributed by atoms with van der Waals surface area (Å²) in [6.07, 6.45) is 0. The lowest BCUT2D eigenvalue weighted by Gasteiger charge is -2.19. The van der Waals surface area contributed by atoms with Crippen molar-refractivity contribution in [1.29, 1.82) is 0 Å². The van der Waals surface area contributed by atoms with Gasteiger partial charge in [0, 0.05) is 10.9 Å². The number of methoxy groups -OCH3 is 1. The van der Waals surface area contributed by atoms with Gasteiger partial charge in [-0.3, -0.25) is 0 Å². The van der Waals surface area contributed by atoms with E-state index in [0.717, 1.165) is 27.8 Å². The van der Waals surface area contributed by atoms with Gasteiger partial charge < -0.3 is 9.47 Å². The summed E-state index contributed by atoms with van der Waals surface area (Å²) in [5.41, 5.74) is 5.17. The molecule has 3 aromatic carbocycles. The normalized spacial score (nSPS) is 11.4. The van der Waals surface area contributed by atoms with Crippen LogP contribution in [0.25, 0.3) is 22.2 Å². The molecule has 4 rings (SSSR count). The number of benzene rings is 3. The fourth-order valence-electron chi connectivity index (χ4n) is 3.58. The molecule has 4 aromatic rings. The monoisotopic (exact) mass is 425 g/mol. The van der Waals surface area contributed by atoms with Crippen LogP contribution in [0, 0.1) is 0 Å². The van der Waals surface area contributed by atoms with Crippen molar-refractivity contribution in [2.24, 2.45) is 0 Å². The number of ether oxygens (including phenoxy) is 2. The number of hydrogen-bond donors (Lipinski definition) is 0. The highest BCUT2D eigenvalue weighted by Crippen LogP contribution is 2.27. The number of nitrogens with zero attached hydrogens (tertiary/aromatic N) is 1. The lowest BCUT2D eigenvalue weighted by molar-refractivity contribution is 0.0475. The van der Waals surface area contributed by atoms with Crippen molar-refractivity contribution in [2.75, 3.05) is 7.11 Å². The Kier molecular flexibility index (Phi) is 5.95. The van der Waals surface area contributed by atoms with E-state index in [1.807, 2.05) is 60.7 Å². The zero-order valence-corrected chi connectivity index (χ0v) is 18.9. The summed E-state index contributed by atoms with van der Waals surface area (Å²) in [6, 6.07) is 25.3. The Labute approximate surface area is 188 Å². The quantitative estimate of drug-likeness (QED) is 0.340. The molecule has 0 radical (unpaired) electrons. The Morgan fingerprint density at radius 3 is 2.25 bits per heavy atom. The second kappa shape index (κ2) is 8.83.